The molecule has 4 rings (SSSR count). The van der Waals surface area contributed by atoms with Gasteiger partial charge in [0.25, 0.3) is 5.91 Å². The van der Waals surface area contributed by atoms with Crippen LogP contribution in [0.2, 0.25) is 0 Å². The van der Waals surface area contributed by atoms with E-state index in [9.17, 15) is 13.2 Å². The molecule has 1 aromatic heterocycles. The number of hydrogen-bond donors (Lipinski definition) is 2. The Morgan fingerprint density at radius 3 is 2.92 bits per heavy atom. The Hall–Kier alpha value is -2.43. The van der Waals surface area contributed by atoms with E-state index in [4.69, 9.17) is 4.74 Å². The summed E-state index contributed by atoms with van der Waals surface area (Å²) in [6.45, 7) is 1.21. The number of amides is 1. The number of rotatable bonds is 3. The third kappa shape index (κ3) is 2.96. The van der Waals surface area contributed by atoms with Gasteiger partial charge in [-0.15, -0.1) is 0 Å². The second kappa shape index (κ2) is 6.38. The molecule has 2 N–H and O–H groups in total. The second-order valence-electron chi connectivity index (χ2n) is 6.33. The predicted octanol–water partition coefficient (Wildman–Crippen LogP) is 0.418. The van der Waals surface area contributed by atoms with Crippen molar-refractivity contribution in [1.82, 2.24) is 19.2 Å². The molecule has 0 bridgehead atoms. The average Bonchev–Trinajstić information content (AvgIpc) is 3.15. The number of aromatic nitrogens is 2. The van der Waals surface area contributed by atoms with E-state index in [1.54, 1.807) is 18.5 Å². The molecule has 138 valence electrons. The number of fused-ring (bicyclic) bond motifs is 1. The predicted molar refractivity (Wildman–Crippen MR) is 93.3 cm³/mol. The molecule has 1 saturated heterocycles. The number of nitrogens with one attached hydrogen (secondary N) is 2. The van der Waals surface area contributed by atoms with Crippen molar-refractivity contribution in [2.24, 2.45) is 0 Å². The van der Waals surface area contributed by atoms with E-state index >= 15 is 0 Å². The lowest BCUT2D eigenvalue weighted by molar-refractivity contribution is -0.118. The van der Waals surface area contributed by atoms with Crippen molar-refractivity contribution in [2.75, 3.05) is 38.6 Å². The largest absolute Gasteiger partial charge is 0.482 e. The van der Waals surface area contributed by atoms with E-state index in [1.807, 2.05) is 7.05 Å². The Balaban J connectivity index is 1.62. The monoisotopic (exact) mass is 377 g/mol. The van der Waals surface area contributed by atoms with Crippen LogP contribution in [0.3, 0.4) is 0 Å². The Kier molecular flexibility index (Phi) is 4.17. The van der Waals surface area contributed by atoms with Gasteiger partial charge in [-0.25, -0.2) is 13.4 Å². The Morgan fingerprint density at radius 1 is 1.31 bits per heavy atom. The molecule has 2 aliphatic rings. The summed E-state index contributed by atoms with van der Waals surface area (Å²) in [5.74, 6) is 0.901. The number of benzene rings is 1. The number of H-pyrrole nitrogens is 1. The maximum atomic E-state index is 13.1. The molecular weight excluding hydrogens is 358 g/mol. The van der Waals surface area contributed by atoms with Gasteiger partial charge in [-0.3, -0.25) is 9.69 Å². The fourth-order valence-corrected chi connectivity index (χ4v) is 4.66. The van der Waals surface area contributed by atoms with E-state index in [1.165, 1.54) is 16.4 Å². The van der Waals surface area contributed by atoms with Crippen LogP contribution in [0.1, 0.15) is 11.9 Å². The second-order valence-corrected chi connectivity index (χ2v) is 8.27. The van der Waals surface area contributed by atoms with Crippen LogP contribution in [-0.4, -0.2) is 66.8 Å². The van der Waals surface area contributed by atoms with Crippen LogP contribution >= 0.6 is 0 Å². The number of hydrogen-bond acceptors (Lipinski definition) is 6. The number of carbonyl (C=O) groups is 1. The number of likely N-dealkylation sites (N-methyl/N-ethyl adjacent to an activating group) is 1. The molecule has 2 aromatic rings. The van der Waals surface area contributed by atoms with E-state index in [2.05, 4.69) is 20.2 Å². The summed E-state index contributed by atoms with van der Waals surface area (Å²) in [7, 11) is -1.75. The maximum absolute atomic E-state index is 13.1. The first kappa shape index (κ1) is 17.0. The summed E-state index contributed by atoms with van der Waals surface area (Å²) in [5.41, 5.74) is 0.374. The first-order chi connectivity index (χ1) is 12.4. The van der Waals surface area contributed by atoms with Gasteiger partial charge in [-0.2, -0.15) is 4.31 Å². The molecule has 0 saturated carbocycles. The van der Waals surface area contributed by atoms with Gasteiger partial charge >= 0.3 is 0 Å². The third-order valence-electron chi connectivity index (χ3n) is 4.67. The standard InChI is InChI=1S/C16H19N5O4S/c1-20-6-7-21(9-13(20)16-17-4-5-18-16)26(23,24)11-2-3-14-12(8-11)19-15(22)10-25-14/h2-5,8,13H,6-7,9-10H2,1H3,(H,17,18)(H,19,22)/t13-/m1/s1. The number of aromatic amines is 1. The van der Waals surface area contributed by atoms with Crippen LogP contribution in [0.4, 0.5) is 5.69 Å². The number of sulfonamides is 1. The molecule has 1 fully saturated rings. The van der Waals surface area contributed by atoms with Gasteiger partial charge in [0, 0.05) is 32.0 Å². The maximum Gasteiger partial charge on any atom is 0.262 e. The van der Waals surface area contributed by atoms with E-state index in [0.717, 1.165) is 5.82 Å². The fraction of sp³-hybridized carbons (Fsp3) is 0.375. The van der Waals surface area contributed by atoms with Crippen molar-refractivity contribution in [3.8, 4) is 5.75 Å². The van der Waals surface area contributed by atoms with Crippen molar-refractivity contribution < 1.29 is 17.9 Å². The smallest absolute Gasteiger partial charge is 0.262 e. The molecule has 0 spiro atoms. The zero-order valence-corrected chi connectivity index (χ0v) is 15.0. The van der Waals surface area contributed by atoms with E-state index in [0.29, 0.717) is 31.1 Å². The molecule has 26 heavy (non-hydrogen) atoms. The lowest BCUT2D eigenvalue weighted by atomic mass is 10.2. The van der Waals surface area contributed by atoms with Gasteiger partial charge in [0.15, 0.2) is 6.61 Å². The molecule has 10 heteroatoms. The van der Waals surface area contributed by atoms with Gasteiger partial charge < -0.3 is 15.0 Å². The fourth-order valence-electron chi connectivity index (χ4n) is 3.19. The highest BCUT2D eigenvalue weighted by molar-refractivity contribution is 7.89. The zero-order chi connectivity index (χ0) is 18.3. The molecular formula is C16H19N5O4S. The molecule has 9 nitrogen and oxygen atoms in total. The van der Waals surface area contributed by atoms with Crippen LogP contribution in [0.5, 0.6) is 5.75 Å². The third-order valence-corrected chi connectivity index (χ3v) is 6.53. The molecule has 0 aliphatic carbocycles. The lowest BCUT2D eigenvalue weighted by Crippen LogP contribution is -2.49. The minimum atomic E-state index is -3.70. The topological polar surface area (TPSA) is 108 Å². The first-order valence-electron chi connectivity index (χ1n) is 8.21. The van der Waals surface area contributed by atoms with Crippen molar-refractivity contribution >= 4 is 21.6 Å². The molecule has 1 aromatic carbocycles. The number of anilines is 1. The van der Waals surface area contributed by atoms with E-state index in [-0.39, 0.29) is 23.5 Å². The summed E-state index contributed by atoms with van der Waals surface area (Å²) >= 11 is 0. The normalized spacial score (nSPS) is 21.7. The molecule has 2 aliphatic heterocycles. The SMILES string of the molecule is CN1CCN(S(=O)(=O)c2ccc3c(c2)NC(=O)CO3)C[C@@H]1c1ncc[nH]1. The van der Waals surface area contributed by atoms with Gasteiger partial charge in [0.1, 0.15) is 11.6 Å². The molecule has 1 amide bonds. The van der Waals surface area contributed by atoms with Crippen molar-refractivity contribution in [1.29, 1.82) is 0 Å². The highest BCUT2D eigenvalue weighted by atomic mass is 32.2. The average molecular weight is 377 g/mol. The quantitative estimate of drug-likeness (QED) is 0.803. The van der Waals surface area contributed by atoms with Gasteiger partial charge in [-0.05, 0) is 25.2 Å². The Labute approximate surface area is 151 Å². The van der Waals surface area contributed by atoms with Crippen LogP contribution in [0.15, 0.2) is 35.5 Å². The van der Waals surface area contributed by atoms with Gasteiger partial charge in [0.05, 0.1) is 16.6 Å². The highest BCUT2D eigenvalue weighted by Crippen LogP contribution is 2.32. The zero-order valence-electron chi connectivity index (χ0n) is 14.2. The molecule has 3 heterocycles. The molecule has 0 unspecified atom stereocenters. The minimum Gasteiger partial charge on any atom is -0.482 e. The van der Waals surface area contributed by atoms with Crippen LogP contribution < -0.4 is 10.1 Å². The number of imidazole rings is 1. The number of ether oxygens (including phenoxy) is 1. The molecule has 0 radical (unpaired) electrons. The number of piperazine rings is 1. The van der Waals surface area contributed by atoms with Crippen molar-refractivity contribution in [3.63, 3.8) is 0 Å². The van der Waals surface area contributed by atoms with Crippen LogP contribution in [-0.2, 0) is 14.8 Å². The Bertz CT molecular complexity index is 928. The summed E-state index contributed by atoms with van der Waals surface area (Å²) in [6.07, 6.45) is 3.38. The first-order valence-corrected chi connectivity index (χ1v) is 9.65. The number of carbonyl (C=O) groups excluding carboxylic acids is 1. The van der Waals surface area contributed by atoms with Crippen molar-refractivity contribution in [2.45, 2.75) is 10.9 Å². The van der Waals surface area contributed by atoms with Gasteiger partial charge in [-0.1, -0.05) is 0 Å². The summed E-state index contributed by atoms with van der Waals surface area (Å²) in [6, 6.07) is 4.38. The summed E-state index contributed by atoms with van der Waals surface area (Å²) < 4.78 is 32.9. The number of nitrogens with zero attached hydrogens (tertiary/aromatic N) is 3. The van der Waals surface area contributed by atoms with E-state index < -0.39 is 10.0 Å². The Morgan fingerprint density at radius 2 is 2.15 bits per heavy atom. The molecule has 1 atom stereocenters. The van der Waals surface area contributed by atoms with Crippen LogP contribution in [0, 0.1) is 0 Å². The lowest BCUT2D eigenvalue weighted by Gasteiger charge is -2.37. The van der Waals surface area contributed by atoms with Crippen LogP contribution in [0.25, 0.3) is 0 Å². The summed E-state index contributed by atoms with van der Waals surface area (Å²) in [5, 5.41) is 2.64. The summed E-state index contributed by atoms with van der Waals surface area (Å²) in [4.78, 5) is 21.0. The minimum absolute atomic E-state index is 0.0671. The highest BCUT2D eigenvalue weighted by Gasteiger charge is 2.35. The van der Waals surface area contributed by atoms with Crippen molar-refractivity contribution in [3.05, 3.63) is 36.4 Å². The van der Waals surface area contributed by atoms with Gasteiger partial charge in [0.2, 0.25) is 10.0 Å².